The Balaban J connectivity index is 1.35. The van der Waals surface area contributed by atoms with Crippen LogP contribution in [0.4, 0.5) is 20.2 Å². The second-order valence-corrected chi connectivity index (χ2v) is 7.70. The molecule has 0 aliphatic carbocycles. The SMILES string of the molecule is O=C(NCC(c1ccco1)N1CCN(c2ccc(F)cc2)CC1)C(=O)Nc1ccc(F)cc1. The molecule has 1 aromatic heterocycles. The van der Waals surface area contributed by atoms with Gasteiger partial charge in [-0.15, -0.1) is 0 Å². The number of carbonyl (C=O) groups excluding carboxylic acids is 2. The van der Waals surface area contributed by atoms with Gasteiger partial charge in [-0.2, -0.15) is 0 Å². The second-order valence-electron chi connectivity index (χ2n) is 7.70. The van der Waals surface area contributed by atoms with Crippen molar-refractivity contribution < 1.29 is 22.8 Å². The number of nitrogens with zero attached hydrogens (tertiary/aromatic N) is 2. The molecule has 2 N–H and O–H groups in total. The predicted octanol–water partition coefficient (Wildman–Crippen LogP) is 3.18. The molecule has 2 amide bonds. The van der Waals surface area contributed by atoms with E-state index in [1.54, 1.807) is 24.5 Å². The monoisotopic (exact) mass is 454 g/mol. The summed E-state index contributed by atoms with van der Waals surface area (Å²) in [4.78, 5) is 28.9. The number of piperazine rings is 1. The number of hydrogen-bond acceptors (Lipinski definition) is 5. The van der Waals surface area contributed by atoms with Gasteiger partial charge in [0.25, 0.3) is 0 Å². The summed E-state index contributed by atoms with van der Waals surface area (Å²) in [5, 5.41) is 5.11. The molecule has 1 aliphatic heterocycles. The van der Waals surface area contributed by atoms with E-state index in [0.29, 0.717) is 24.5 Å². The number of rotatable bonds is 6. The summed E-state index contributed by atoms with van der Waals surface area (Å²) >= 11 is 0. The van der Waals surface area contributed by atoms with Gasteiger partial charge in [0.05, 0.1) is 12.3 Å². The molecule has 0 saturated carbocycles. The van der Waals surface area contributed by atoms with Crippen LogP contribution in [-0.2, 0) is 9.59 Å². The van der Waals surface area contributed by atoms with Crippen LogP contribution in [0.5, 0.6) is 0 Å². The third-order valence-corrected chi connectivity index (χ3v) is 5.58. The van der Waals surface area contributed by atoms with Crippen LogP contribution in [0.25, 0.3) is 0 Å². The Morgan fingerprint density at radius 3 is 2.12 bits per heavy atom. The van der Waals surface area contributed by atoms with Crippen molar-refractivity contribution in [3.8, 4) is 0 Å². The number of hydrogen-bond donors (Lipinski definition) is 2. The molecule has 1 fully saturated rings. The molecule has 172 valence electrons. The van der Waals surface area contributed by atoms with Crippen molar-refractivity contribution in [1.29, 1.82) is 0 Å². The molecule has 1 atom stereocenters. The van der Waals surface area contributed by atoms with Gasteiger partial charge in [0.1, 0.15) is 17.4 Å². The number of halogens is 2. The molecule has 7 nitrogen and oxygen atoms in total. The average molecular weight is 454 g/mol. The van der Waals surface area contributed by atoms with E-state index in [1.165, 1.54) is 36.4 Å². The van der Waals surface area contributed by atoms with Crippen LogP contribution < -0.4 is 15.5 Å². The van der Waals surface area contributed by atoms with Gasteiger partial charge in [-0.3, -0.25) is 14.5 Å². The maximum Gasteiger partial charge on any atom is 0.313 e. The van der Waals surface area contributed by atoms with Crippen LogP contribution in [-0.4, -0.2) is 49.4 Å². The lowest BCUT2D eigenvalue weighted by molar-refractivity contribution is -0.136. The van der Waals surface area contributed by atoms with Crippen molar-refractivity contribution in [2.75, 3.05) is 42.9 Å². The summed E-state index contributed by atoms with van der Waals surface area (Å²) in [6.45, 7) is 3.02. The number of benzene rings is 2. The van der Waals surface area contributed by atoms with Crippen LogP contribution in [0.3, 0.4) is 0 Å². The fourth-order valence-electron chi connectivity index (χ4n) is 3.82. The van der Waals surface area contributed by atoms with E-state index in [9.17, 15) is 18.4 Å². The molecule has 3 aromatic rings. The van der Waals surface area contributed by atoms with Gasteiger partial charge < -0.3 is 20.0 Å². The highest BCUT2D eigenvalue weighted by molar-refractivity contribution is 6.39. The van der Waals surface area contributed by atoms with E-state index in [0.717, 1.165) is 18.8 Å². The zero-order valence-electron chi connectivity index (χ0n) is 17.8. The first-order valence-corrected chi connectivity index (χ1v) is 10.6. The van der Waals surface area contributed by atoms with Gasteiger partial charge in [0.2, 0.25) is 0 Å². The summed E-state index contributed by atoms with van der Waals surface area (Å²) in [6, 6.07) is 14.9. The predicted molar refractivity (Wildman–Crippen MR) is 120 cm³/mol. The Kier molecular flexibility index (Phi) is 6.99. The van der Waals surface area contributed by atoms with Crippen molar-refractivity contribution in [1.82, 2.24) is 10.2 Å². The molecule has 9 heteroatoms. The summed E-state index contributed by atoms with van der Waals surface area (Å²) in [7, 11) is 0. The minimum absolute atomic E-state index is 0.180. The van der Waals surface area contributed by atoms with Crippen LogP contribution in [0.15, 0.2) is 71.3 Å². The number of furan rings is 1. The summed E-state index contributed by atoms with van der Waals surface area (Å²) in [5.41, 5.74) is 1.28. The van der Waals surface area contributed by atoms with Crippen LogP contribution >= 0.6 is 0 Å². The van der Waals surface area contributed by atoms with Crippen molar-refractivity contribution >= 4 is 23.2 Å². The van der Waals surface area contributed by atoms with Crippen molar-refractivity contribution in [3.63, 3.8) is 0 Å². The number of anilines is 2. The van der Waals surface area contributed by atoms with Crippen LogP contribution in [0.2, 0.25) is 0 Å². The molecule has 0 spiro atoms. The fraction of sp³-hybridized carbons (Fsp3) is 0.250. The highest BCUT2D eigenvalue weighted by Gasteiger charge is 2.28. The lowest BCUT2D eigenvalue weighted by Gasteiger charge is -2.39. The molecule has 2 aromatic carbocycles. The topological polar surface area (TPSA) is 77.8 Å². The van der Waals surface area contributed by atoms with E-state index >= 15 is 0 Å². The number of carbonyl (C=O) groups is 2. The first kappa shape index (κ1) is 22.5. The Bertz CT molecular complexity index is 1060. The molecule has 1 saturated heterocycles. The smallest absolute Gasteiger partial charge is 0.313 e. The molecule has 0 radical (unpaired) electrons. The molecule has 2 heterocycles. The minimum atomic E-state index is -0.832. The molecule has 33 heavy (non-hydrogen) atoms. The van der Waals surface area contributed by atoms with Gasteiger partial charge in [-0.05, 0) is 60.7 Å². The highest BCUT2D eigenvalue weighted by atomic mass is 19.1. The molecule has 1 unspecified atom stereocenters. The van der Waals surface area contributed by atoms with E-state index in [1.807, 2.05) is 6.07 Å². The number of amides is 2. The number of nitrogens with one attached hydrogen (secondary N) is 2. The van der Waals surface area contributed by atoms with E-state index in [-0.39, 0.29) is 18.4 Å². The Morgan fingerprint density at radius 2 is 1.52 bits per heavy atom. The lowest BCUT2D eigenvalue weighted by Crippen LogP contribution is -2.50. The van der Waals surface area contributed by atoms with Gasteiger partial charge >= 0.3 is 11.8 Å². The average Bonchev–Trinajstić information content (AvgIpc) is 3.36. The Labute approximate surface area is 190 Å². The van der Waals surface area contributed by atoms with Crippen molar-refractivity contribution in [2.45, 2.75) is 6.04 Å². The molecule has 4 rings (SSSR count). The normalized spacial score (nSPS) is 15.2. The zero-order chi connectivity index (χ0) is 23.2. The summed E-state index contributed by atoms with van der Waals surface area (Å²) < 4.78 is 31.8. The van der Waals surface area contributed by atoms with Gasteiger partial charge in [0, 0.05) is 44.1 Å². The molecular formula is C24H24F2N4O3. The van der Waals surface area contributed by atoms with Gasteiger partial charge in [-0.1, -0.05) is 0 Å². The van der Waals surface area contributed by atoms with Crippen LogP contribution in [0, 0.1) is 11.6 Å². The van der Waals surface area contributed by atoms with Crippen LogP contribution in [0.1, 0.15) is 11.8 Å². The lowest BCUT2D eigenvalue weighted by atomic mass is 10.1. The minimum Gasteiger partial charge on any atom is -0.468 e. The first-order chi connectivity index (χ1) is 16.0. The zero-order valence-corrected chi connectivity index (χ0v) is 17.8. The Morgan fingerprint density at radius 1 is 0.879 bits per heavy atom. The summed E-state index contributed by atoms with van der Waals surface area (Å²) in [5.74, 6) is -1.64. The molecular weight excluding hydrogens is 430 g/mol. The fourth-order valence-corrected chi connectivity index (χ4v) is 3.82. The third-order valence-electron chi connectivity index (χ3n) is 5.58. The second kappa shape index (κ2) is 10.3. The molecule has 0 bridgehead atoms. The van der Waals surface area contributed by atoms with Crippen molar-refractivity contribution in [3.05, 3.63) is 84.3 Å². The largest absolute Gasteiger partial charge is 0.468 e. The standard InChI is InChI=1S/C24H24F2N4O3/c25-17-3-7-19(8-4-17)28-24(32)23(31)27-16-21(22-2-1-15-33-22)30-13-11-29(12-14-30)20-9-5-18(26)6-10-20/h1-10,15,21H,11-14,16H2,(H,27,31)(H,28,32). The van der Waals surface area contributed by atoms with E-state index in [2.05, 4.69) is 20.4 Å². The highest BCUT2D eigenvalue weighted by Crippen LogP contribution is 2.24. The summed E-state index contributed by atoms with van der Waals surface area (Å²) in [6.07, 6.45) is 1.57. The maximum absolute atomic E-state index is 13.2. The maximum atomic E-state index is 13.2. The first-order valence-electron chi connectivity index (χ1n) is 10.6. The van der Waals surface area contributed by atoms with Gasteiger partial charge in [0.15, 0.2) is 0 Å². The van der Waals surface area contributed by atoms with E-state index in [4.69, 9.17) is 4.42 Å². The quantitative estimate of drug-likeness (QED) is 0.560. The third kappa shape index (κ3) is 5.75. The van der Waals surface area contributed by atoms with Gasteiger partial charge in [-0.25, -0.2) is 8.78 Å². The van der Waals surface area contributed by atoms with Crippen molar-refractivity contribution in [2.24, 2.45) is 0 Å². The molecule has 1 aliphatic rings. The van der Waals surface area contributed by atoms with E-state index < -0.39 is 17.6 Å². The Hall–Kier alpha value is -3.72.